The first kappa shape index (κ1) is 13.6. The van der Waals surface area contributed by atoms with Crippen LogP contribution < -0.4 is 5.32 Å². The Kier molecular flexibility index (Phi) is 3.88. The zero-order chi connectivity index (χ0) is 13.9. The van der Waals surface area contributed by atoms with Crippen molar-refractivity contribution in [2.24, 2.45) is 5.41 Å². The van der Waals surface area contributed by atoms with E-state index in [1.54, 1.807) is 24.3 Å². The molecule has 4 nitrogen and oxygen atoms in total. The van der Waals surface area contributed by atoms with Crippen LogP contribution in [-0.2, 0) is 11.2 Å². The van der Waals surface area contributed by atoms with E-state index >= 15 is 0 Å². The largest absolute Gasteiger partial charge is 0.478 e. The van der Waals surface area contributed by atoms with Crippen LogP contribution in [0.1, 0.15) is 42.1 Å². The highest BCUT2D eigenvalue weighted by Gasteiger charge is 2.37. The van der Waals surface area contributed by atoms with Gasteiger partial charge in [-0.3, -0.25) is 4.79 Å². The molecule has 0 atom stereocenters. The van der Waals surface area contributed by atoms with Crippen LogP contribution in [-0.4, -0.2) is 23.5 Å². The highest BCUT2D eigenvalue weighted by atomic mass is 16.4. The summed E-state index contributed by atoms with van der Waals surface area (Å²) >= 11 is 0. The van der Waals surface area contributed by atoms with E-state index in [0.717, 1.165) is 6.54 Å². The van der Waals surface area contributed by atoms with Crippen molar-refractivity contribution < 1.29 is 14.7 Å². The molecule has 0 heterocycles. The Morgan fingerprint density at radius 3 is 2.63 bits per heavy atom. The number of carboxylic acid groups (broad SMARTS) is 1. The summed E-state index contributed by atoms with van der Waals surface area (Å²) in [6.45, 7) is 2.89. The molecule has 1 aromatic carbocycles. The number of carboxylic acids is 1. The zero-order valence-corrected chi connectivity index (χ0v) is 11.1. The van der Waals surface area contributed by atoms with Crippen molar-refractivity contribution in [1.29, 1.82) is 0 Å². The average molecular weight is 261 g/mol. The van der Waals surface area contributed by atoms with Gasteiger partial charge in [0.15, 0.2) is 0 Å². The standard InChI is InChI=1S/C15H19NO3/c1-15(8-9-15)10-16-13(17)7-6-11-4-2-3-5-12(11)14(18)19/h2-5H,6-10H2,1H3,(H,16,17)(H,18,19). The molecule has 19 heavy (non-hydrogen) atoms. The molecule has 0 aliphatic heterocycles. The van der Waals surface area contributed by atoms with Crippen LogP contribution in [0.2, 0.25) is 0 Å². The Balaban J connectivity index is 1.84. The second-order valence-electron chi connectivity index (χ2n) is 5.55. The average Bonchev–Trinajstić information content (AvgIpc) is 3.13. The monoisotopic (exact) mass is 261 g/mol. The molecule has 1 amide bonds. The van der Waals surface area contributed by atoms with Gasteiger partial charge in [-0.25, -0.2) is 4.79 Å². The van der Waals surface area contributed by atoms with E-state index < -0.39 is 5.97 Å². The lowest BCUT2D eigenvalue weighted by molar-refractivity contribution is -0.121. The molecule has 1 saturated carbocycles. The molecule has 0 spiro atoms. The summed E-state index contributed by atoms with van der Waals surface area (Å²) in [6.07, 6.45) is 3.15. The molecule has 0 aromatic heterocycles. The first-order valence-corrected chi connectivity index (χ1v) is 6.58. The Labute approximate surface area is 112 Å². The molecule has 4 heteroatoms. The second-order valence-corrected chi connectivity index (χ2v) is 5.55. The Bertz CT molecular complexity index is 492. The van der Waals surface area contributed by atoms with Crippen LogP contribution in [0.4, 0.5) is 0 Å². The zero-order valence-electron chi connectivity index (χ0n) is 11.1. The summed E-state index contributed by atoms with van der Waals surface area (Å²) in [5.41, 5.74) is 1.29. The number of aromatic carboxylic acids is 1. The minimum absolute atomic E-state index is 0.00619. The third-order valence-electron chi connectivity index (χ3n) is 3.69. The molecule has 1 fully saturated rings. The van der Waals surface area contributed by atoms with Gasteiger partial charge in [-0.15, -0.1) is 0 Å². The van der Waals surface area contributed by atoms with Gasteiger partial charge in [0.25, 0.3) is 0 Å². The summed E-state index contributed by atoms with van der Waals surface area (Å²) in [7, 11) is 0. The Morgan fingerprint density at radius 1 is 1.32 bits per heavy atom. The van der Waals surface area contributed by atoms with Crippen LogP contribution in [0.25, 0.3) is 0 Å². The molecule has 2 N–H and O–H groups in total. The minimum atomic E-state index is -0.943. The van der Waals surface area contributed by atoms with E-state index in [1.807, 2.05) is 0 Å². The lowest BCUT2D eigenvalue weighted by atomic mass is 10.0. The van der Waals surface area contributed by atoms with E-state index in [1.165, 1.54) is 12.8 Å². The van der Waals surface area contributed by atoms with Crippen LogP contribution in [0.15, 0.2) is 24.3 Å². The summed E-state index contributed by atoms with van der Waals surface area (Å²) in [5.74, 6) is -0.949. The quantitative estimate of drug-likeness (QED) is 0.825. The highest BCUT2D eigenvalue weighted by Crippen LogP contribution is 2.43. The van der Waals surface area contributed by atoms with Crippen molar-refractivity contribution in [2.75, 3.05) is 6.54 Å². The normalized spacial score (nSPS) is 15.8. The van der Waals surface area contributed by atoms with Gasteiger partial charge in [-0.2, -0.15) is 0 Å². The fraction of sp³-hybridized carbons (Fsp3) is 0.467. The minimum Gasteiger partial charge on any atom is -0.478 e. The first-order chi connectivity index (χ1) is 9.00. The molecule has 0 bridgehead atoms. The van der Waals surface area contributed by atoms with Crippen molar-refractivity contribution in [2.45, 2.75) is 32.6 Å². The number of carbonyl (C=O) groups excluding carboxylic acids is 1. The SMILES string of the molecule is CC1(CNC(=O)CCc2ccccc2C(=O)O)CC1. The van der Waals surface area contributed by atoms with Crippen LogP contribution >= 0.6 is 0 Å². The second kappa shape index (κ2) is 5.43. The lowest BCUT2D eigenvalue weighted by Crippen LogP contribution is -2.29. The number of amides is 1. The predicted octanol–water partition coefficient (Wildman–Crippen LogP) is 2.23. The molecule has 0 unspecified atom stereocenters. The lowest BCUT2D eigenvalue weighted by Gasteiger charge is -2.10. The fourth-order valence-corrected chi connectivity index (χ4v) is 1.99. The van der Waals surface area contributed by atoms with Crippen LogP contribution in [0.5, 0.6) is 0 Å². The maximum absolute atomic E-state index is 11.7. The number of aryl methyl sites for hydroxylation is 1. The molecule has 1 aromatic rings. The van der Waals surface area contributed by atoms with E-state index in [2.05, 4.69) is 12.2 Å². The molecule has 0 radical (unpaired) electrons. The topological polar surface area (TPSA) is 66.4 Å². The maximum atomic E-state index is 11.7. The van der Waals surface area contributed by atoms with Gasteiger partial charge in [0.05, 0.1) is 5.56 Å². The van der Waals surface area contributed by atoms with Gasteiger partial charge in [0, 0.05) is 13.0 Å². The third-order valence-corrected chi connectivity index (χ3v) is 3.69. The third kappa shape index (κ3) is 3.81. The number of nitrogens with one attached hydrogen (secondary N) is 1. The molecule has 1 aliphatic carbocycles. The number of hydrogen-bond donors (Lipinski definition) is 2. The predicted molar refractivity (Wildman–Crippen MR) is 72.1 cm³/mol. The Morgan fingerprint density at radius 2 is 2.00 bits per heavy atom. The number of carbonyl (C=O) groups is 2. The van der Waals surface area contributed by atoms with Crippen molar-refractivity contribution >= 4 is 11.9 Å². The van der Waals surface area contributed by atoms with Gasteiger partial charge in [-0.1, -0.05) is 25.1 Å². The molecule has 0 saturated heterocycles. The number of rotatable bonds is 6. The van der Waals surface area contributed by atoms with Crippen molar-refractivity contribution in [3.05, 3.63) is 35.4 Å². The van der Waals surface area contributed by atoms with E-state index in [9.17, 15) is 9.59 Å². The molecule has 102 valence electrons. The van der Waals surface area contributed by atoms with Gasteiger partial charge < -0.3 is 10.4 Å². The number of hydrogen-bond acceptors (Lipinski definition) is 2. The van der Waals surface area contributed by atoms with Gasteiger partial charge in [-0.05, 0) is 36.3 Å². The van der Waals surface area contributed by atoms with E-state index in [0.29, 0.717) is 23.8 Å². The molecular weight excluding hydrogens is 242 g/mol. The smallest absolute Gasteiger partial charge is 0.335 e. The first-order valence-electron chi connectivity index (χ1n) is 6.58. The van der Waals surface area contributed by atoms with Crippen molar-refractivity contribution in [3.8, 4) is 0 Å². The van der Waals surface area contributed by atoms with E-state index in [-0.39, 0.29) is 11.5 Å². The van der Waals surface area contributed by atoms with E-state index in [4.69, 9.17) is 5.11 Å². The van der Waals surface area contributed by atoms with Gasteiger partial charge in [0.2, 0.25) is 5.91 Å². The summed E-state index contributed by atoms with van der Waals surface area (Å²) in [6, 6.07) is 6.83. The molecule has 2 rings (SSSR count). The van der Waals surface area contributed by atoms with Gasteiger partial charge in [0.1, 0.15) is 0 Å². The van der Waals surface area contributed by atoms with Crippen LogP contribution in [0, 0.1) is 5.41 Å². The summed E-state index contributed by atoms with van der Waals surface area (Å²) in [5, 5.41) is 12.0. The molecule has 1 aliphatic rings. The highest BCUT2D eigenvalue weighted by molar-refractivity contribution is 5.89. The maximum Gasteiger partial charge on any atom is 0.335 e. The van der Waals surface area contributed by atoms with Crippen LogP contribution in [0.3, 0.4) is 0 Å². The molecular formula is C15H19NO3. The fourth-order valence-electron chi connectivity index (χ4n) is 1.99. The Hall–Kier alpha value is -1.84. The summed E-state index contributed by atoms with van der Waals surface area (Å²) < 4.78 is 0. The number of benzene rings is 1. The van der Waals surface area contributed by atoms with Crippen molar-refractivity contribution in [3.63, 3.8) is 0 Å². The summed E-state index contributed by atoms with van der Waals surface area (Å²) in [4.78, 5) is 22.7. The van der Waals surface area contributed by atoms with Crippen molar-refractivity contribution in [1.82, 2.24) is 5.32 Å². The van der Waals surface area contributed by atoms with Gasteiger partial charge >= 0.3 is 5.97 Å².